The average molecular weight is 356 g/mol. The molecule has 1 aliphatic heterocycles. The van der Waals surface area contributed by atoms with E-state index in [0.29, 0.717) is 25.9 Å². The van der Waals surface area contributed by atoms with Crippen LogP contribution in [-0.4, -0.2) is 56.3 Å². The summed E-state index contributed by atoms with van der Waals surface area (Å²) in [7, 11) is -2.04. The highest BCUT2D eigenvalue weighted by Gasteiger charge is 2.32. The van der Waals surface area contributed by atoms with E-state index >= 15 is 0 Å². The van der Waals surface area contributed by atoms with Gasteiger partial charge in [0.2, 0.25) is 11.8 Å². The van der Waals surface area contributed by atoms with E-state index in [-0.39, 0.29) is 5.91 Å². The molecule has 126 valence electrons. The van der Waals surface area contributed by atoms with Crippen LogP contribution in [0.3, 0.4) is 0 Å². The molecule has 8 heteroatoms. The van der Waals surface area contributed by atoms with Gasteiger partial charge in [-0.15, -0.1) is 11.3 Å². The minimum Gasteiger partial charge on any atom is -0.358 e. The van der Waals surface area contributed by atoms with Crippen LogP contribution in [0.25, 0.3) is 6.08 Å². The Kier molecular flexibility index (Phi) is 5.95. The number of thiophene rings is 1. The van der Waals surface area contributed by atoms with E-state index in [1.807, 2.05) is 17.5 Å². The maximum atomic E-state index is 12.1. The molecular formula is C15H20N2O4S2. The number of nitrogens with one attached hydrogen (secondary N) is 1. The van der Waals surface area contributed by atoms with Gasteiger partial charge in [-0.05, 0) is 30.4 Å². The van der Waals surface area contributed by atoms with Crippen LogP contribution in [0.1, 0.15) is 17.7 Å². The van der Waals surface area contributed by atoms with Crippen LogP contribution in [0.2, 0.25) is 0 Å². The van der Waals surface area contributed by atoms with Gasteiger partial charge in [-0.3, -0.25) is 9.59 Å². The van der Waals surface area contributed by atoms with Crippen molar-refractivity contribution in [2.75, 3.05) is 25.9 Å². The maximum absolute atomic E-state index is 12.1. The third-order valence-corrected chi connectivity index (χ3v) is 6.80. The second-order valence-electron chi connectivity index (χ2n) is 5.35. The van der Waals surface area contributed by atoms with Gasteiger partial charge in [0.25, 0.3) is 0 Å². The molecule has 1 saturated heterocycles. The zero-order chi connectivity index (χ0) is 16.9. The Morgan fingerprint density at radius 2 is 2.09 bits per heavy atom. The topological polar surface area (TPSA) is 83.6 Å². The van der Waals surface area contributed by atoms with E-state index in [0.717, 1.165) is 4.88 Å². The van der Waals surface area contributed by atoms with Gasteiger partial charge in [0, 0.05) is 31.1 Å². The first-order valence-corrected chi connectivity index (χ1v) is 9.94. The lowest BCUT2D eigenvalue weighted by Crippen LogP contribution is -2.43. The van der Waals surface area contributed by atoms with E-state index in [4.69, 9.17) is 0 Å². The van der Waals surface area contributed by atoms with Crippen LogP contribution < -0.4 is 5.32 Å². The number of piperidine rings is 1. The molecule has 0 atom stereocenters. The SMILES string of the molecule is CNC(=O)CS(=O)(=O)C1CCN(C(=O)C=Cc2cccs2)CC1. The molecule has 0 saturated carbocycles. The van der Waals surface area contributed by atoms with Crippen molar-refractivity contribution in [3.05, 3.63) is 28.5 Å². The summed E-state index contributed by atoms with van der Waals surface area (Å²) < 4.78 is 24.3. The minimum atomic E-state index is -3.46. The fourth-order valence-electron chi connectivity index (χ4n) is 2.45. The Morgan fingerprint density at radius 3 is 2.65 bits per heavy atom. The summed E-state index contributed by atoms with van der Waals surface area (Å²) >= 11 is 1.55. The summed E-state index contributed by atoms with van der Waals surface area (Å²) in [6, 6.07) is 3.84. The van der Waals surface area contributed by atoms with E-state index in [9.17, 15) is 18.0 Å². The highest BCUT2D eigenvalue weighted by Crippen LogP contribution is 2.19. The Hall–Kier alpha value is -1.67. The molecule has 2 heterocycles. The molecule has 0 radical (unpaired) electrons. The molecule has 0 aliphatic carbocycles. The average Bonchev–Trinajstić information content (AvgIpc) is 3.05. The molecule has 23 heavy (non-hydrogen) atoms. The van der Waals surface area contributed by atoms with Gasteiger partial charge in [-0.25, -0.2) is 8.42 Å². The molecule has 1 aromatic rings. The van der Waals surface area contributed by atoms with Gasteiger partial charge >= 0.3 is 0 Å². The van der Waals surface area contributed by atoms with E-state index in [2.05, 4.69) is 5.32 Å². The van der Waals surface area contributed by atoms with E-state index in [1.54, 1.807) is 22.3 Å². The first-order valence-electron chi connectivity index (χ1n) is 7.35. The molecule has 0 unspecified atom stereocenters. The molecule has 6 nitrogen and oxygen atoms in total. The van der Waals surface area contributed by atoms with Crippen molar-refractivity contribution >= 4 is 39.1 Å². The normalized spacial score (nSPS) is 16.7. The van der Waals surface area contributed by atoms with Crippen LogP contribution in [0.5, 0.6) is 0 Å². The molecule has 1 aliphatic rings. The molecule has 0 bridgehead atoms. The fraction of sp³-hybridized carbons (Fsp3) is 0.467. The summed E-state index contributed by atoms with van der Waals surface area (Å²) in [4.78, 5) is 26.0. The first kappa shape index (κ1) is 17.7. The zero-order valence-electron chi connectivity index (χ0n) is 12.9. The molecule has 0 spiro atoms. The predicted molar refractivity (Wildman–Crippen MR) is 90.8 cm³/mol. The van der Waals surface area contributed by atoms with E-state index in [1.165, 1.54) is 13.1 Å². The third kappa shape index (κ3) is 4.90. The van der Waals surface area contributed by atoms with Gasteiger partial charge in [0.1, 0.15) is 5.75 Å². The van der Waals surface area contributed by atoms with Gasteiger partial charge in [0.15, 0.2) is 9.84 Å². The number of nitrogens with zero attached hydrogens (tertiary/aromatic N) is 1. The molecular weight excluding hydrogens is 336 g/mol. The lowest BCUT2D eigenvalue weighted by Gasteiger charge is -2.30. The Balaban J connectivity index is 1.88. The van der Waals surface area contributed by atoms with Gasteiger partial charge in [-0.1, -0.05) is 6.07 Å². The predicted octanol–water partition coefficient (Wildman–Crippen LogP) is 0.913. The number of carbonyl (C=O) groups excluding carboxylic acids is 2. The van der Waals surface area contributed by atoms with Gasteiger partial charge in [-0.2, -0.15) is 0 Å². The summed E-state index contributed by atoms with van der Waals surface area (Å²) in [6.07, 6.45) is 4.03. The number of sulfone groups is 1. The smallest absolute Gasteiger partial charge is 0.246 e. The van der Waals surface area contributed by atoms with Crippen molar-refractivity contribution < 1.29 is 18.0 Å². The molecule has 1 fully saturated rings. The number of carbonyl (C=O) groups is 2. The van der Waals surface area contributed by atoms with Crippen LogP contribution in [0.15, 0.2) is 23.6 Å². The zero-order valence-corrected chi connectivity index (χ0v) is 14.5. The van der Waals surface area contributed by atoms with Crippen LogP contribution in [0, 0.1) is 0 Å². The quantitative estimate of drug-likeness (QED) is 0.795. The molecule has 1 aromatic heterocycles. The summed E-state index contributed by atoms with van der Waals surface area (Å²) in [6.45, 7) is 0.788. The van der Waals surface area contributed by atoms with Gasteiger partial charge < -0.3 is 10.2 Å². The van der Waals surface area contributed by atoms with Crippen molar-refractivity contribution in [1.29, 1.82) is 0 Å². The first-order chi connectivity index (χ1) is 10.9. The van der Waals surface area contributed by atoms with Crippen LogP contribution in [-0.2, 0) is 19.4 Å². The maximum Gasteiger partial charge on any atom is 0.246 e. The number of amides is 2. The third-order valence-electron chi connectivity index (χ3n) is 3.81. The minimum absolute atomic E-state index is 0.111. The highest BCUT2D eigenvalue weighted by molar-refractivity contribution is 7.92. The number of hydrogen-bond donors (Lipinski definition) is 1. The highest BCUT2D eigenvalue weighted by atomic mass is 32.2. The molecule has 2 amide bonds. The van der Waals surface area contributed by atoms with Crippen molar-refractivity contribution in [1.82, 2.24) is 10.2 Å². The van der Waals surface area contributed by atoms with Crippen LogP contribution >= 0.6 is 11.3 Å². The summed E-state index contributed by atoms with van der Waals surface area (Å²) in [5.74, 6) is -1.09. The van der Waals surface area contributed by atoms with Crippen molar-refractivity contribution in [2.45, 2.75) is 18.1 Å². The largest absolute Gasteiger partial charge is 0.358 e. The van der Waals surface area contributed by atoms with E-state index < -0.39 is 26.7 Å². The van der Waals surface area contributed by atoms with Gasteiger partial charge in [0.05, 0.1) is 5.25 Å². The number of rotatable bonds is 5. The van der Waals surface area contributed by atoms with Crippen molar-refractivity contribution in [2.24, 2.45) is 0 Å². The monoisotopic (exact) mass is 356 g/mol. The second-order valence-corrected chi connectivity index (χ2v) is 8.61. The second kappa shape index (κ2) is 7.74. The lowest BCUT2D eigenvalue weighted by molar-refractivity contribution is -0.126. The van der Waals surface area contributed by atoms with Crippen molar-refractivity contribution in [3.63, 3.8) is 0 Å². The lowest BCUT2D eigenvalue weighted by atomic mass is 10.1. The summed E-state index contributed by atoms with van der Waals surface area (Å²) in [5, 5.41) is 3.71. The standard InChI is InChI=1S/C15H20N2O4S2/c1-16-14(18)11-23(20,21)13-6-8-17(9-7-13)15(19)5-4-12-3-2-10-22-12/h2-5,10,13H,6-9,11H2,1H3,(H,16,18). The fourth-order valence-corrected chi connectivity index (χ4v) is 4.75. The molecule has 2 rings (SSSR count). The summed E-state index contributed by atoms with van der Waals surface area (Å²) in [5.41, 5.74) is 0. The number of likely N-dealkylation sites (tertiary alicyclic amines) is 1. The Labute approximate surface area is 140 Å². The molecule has 1 N–H and O–H groups in total. The van der Waals surface area contributed by atoms with Crippen molar-refractivity contribution in [3.8, 4) is 0 Å². The molecule has 0 aromatic carbocycles. The Morgan fingerprint density at radius 1 is 1.39 bits per heavy atom. The Bertz CT molecular complexity index is 672. The number of hydrogen-bond acceptors (Lipinski definition) is 5. The van der Waals surface area contributed by atoms with Crippen LogP contribution in [0.4, 0.5) is 0 Å².